The van der Waals surface area contributed by atoms with E-state index in [1.807, 2.05) is 29.7 Å². The first kappa shape index (κ1) is 24.3. The van der Waals surface area contributed by atoms with E-state index in [9.17, 15) is 17.6 Å². The molecular formula is C24H26FN3O4S2. The Hall–Kier alpha value is -2.82. The van der Waals surface area contributed by atoms with Gasteiger partial charge in [0.2, 0.25) is 10.0 Å². The molecule has 1 aliphatic heterocycles. The number of piperidine rings is 1. The standard InChI is InChI=1S/C24H26FN3O4S2/c1-3-13-28-21-12-9-19(32-4-2)15-22(21)33-24(28)26-23(29)17-6-5-14-27(16-17)34(30,31)20-10-7-18(25)8-11-20/h3,7-12,15,17H,1,4-6,13-14,16H2,2H3. The fraction of sp³-hybridized carbons (Fsp3) is 0.333. The van der Waals surface area contributed by atoms with Crippen molar-refractivity contribution in [2.75, 3.05) is 19.7 Å². The Morgan fingerprint density at radius 3 is 2.76 bits per heavy atom. The molecule has 0 saturated carbocycles. The second-order valence-electron chi connectivity index (χ2n) is 7.95. The predicted molar refractivity (Wildman–Crippen MR) is 130 cm³/mol. The first-order valence-electron chi connectivity index (χ1n) is 11.0. The molecule has 3 aromatic rings. The van der Waals surface area contributed by atoms with Gasteiger partial charge in [0.15, 0.2) is 4.80 Å². The van der Waals surface area contributed by atoms with E-state index >= 15 is 0 Å². The molecule has 34 heavy (non-hydrogen) atoms. The highest BCUT2D eigenvalue weighted by Gasteiger charge is 2.33. The van der Waals surface area contributed by atoms with Gasteiger partial charge in [-0.15, -0.1) is 6.58 Å². The lowest BCUT2D eigenvalue weighted by Crippen LogP contribution is -2.42. The normalized spacial score (nSPS) is 17.7. The number of carbonyl (C=O) groups excluding carboxylic acids is 1. The molecule has 4 rings (SSSR count). The van der Waals surface area contributed by atoms with Crippen molar-refractivity contribution in [2.45, 2.75) is 31.2 Å². The summed E-state index contributed by atoms with van der Waals surface area (Å²) >= 11 is 1.38. The van der Waals surface area contributed by atoms with Crippen molar-refractivity contribution in [1.29, 1.82) is 0 Å². The summed E-state index contributed by atoms with van der Waals surface area (Å²) < 4.78 is 49.0. The molecule has 0 radical (unpaired) electrons. The van der Waals surface area contributed by atoms with Crippen LogP contribution in [-0.2, 0) is 21.4 Å². The predicted octanol–water partition coefficient (Wildman–Crippen LogP) is 3.95. The smallest absolute Gasteiger partial charge is 0.252 e. The summed E-state index contributed by atoms with van der Waals surface area (Å²) in [6.45, 7) is 7.11. The highest BCUT2D eigenvalue weighted by Crippen LogP contribution is 2.26. The Morgan fingerprint density at radius 2 is 2.06 bits per heavy atom. The van der Waals surface area contributed by atoms with Gasteiger partial charge in [-0.3, -0.25) is 4.79 Å². The second-order valence-corrected chi connectivity index (χ2v) is 10.9. The van der Waals surface area contributed by atoms with Crippen molar-refractivity contribution in [3.05, 3.63) is 65.7 Å². The monoisotopic (exact) mass is 503 g/mol. The van der Waals surface area contributed by atoms with Crippen molar-refractivity contribution in [3.63, 3.8) is 0 Å². The topological polar surface area (TPSA) is 81.0 Å². The number of rotatable bonds is 7. The molecule has 0 bridgehead atoms. The molecule has 1 unspecified atom stereocenters. The first-order chi connectivity index (χ1) is 16.3. The number of thiazole rings is 1. The van der Waals surface area contributed by atoms with Gasteiger partial charge in [0.1, 0.15) is 11.6 Å². The molecule has 10 heteroatoms. The SMILES string of the molecule is C=CCn1c(=NC(=O)C2CCCN(S(=O)(=O)c3ccc(F)cc3)C2)sc2cc(OCC)ccc21. The molecule has 1 amide bonds. The summed E-state index contributed by atoms with van der Waals surface area (Å²) in [5, 5.41) is 0. The van der Waals surface area contributed by atoms with E-state index in [-0.39, 0.29) is 17.3 Å². The van der Waals surface area contributed by atoms with Crippen molar-refractivity contribution in [3.8, 4) is 5.75 Å². The van der Waals surface area contributed by atoms with Gasteiger partial charge in [0.25, 0.3) is 5.91 Å². The summed E-state index contributed by atoms with van der Waals surface area (Å²) in [5.41, 5.74) is 0.920. The van der Waals surface area contributed by atoms with Crippen LogP contribution in [0.25, 0.3) is 10.2 Å². The lowest BCUT2D eigenvalue weighted by atomic mass is 9.99. The molecule has 2 aromatic carbocycles. The van der Waals surface area contributed by atoms with Crippen molar-refractivity contribution >= 4 is 37.5 Å². The number of carbonyl (C=O) groups is 1. The number of sulfonamides is 1. The molecule has 7 nitrogen and oxygen atoms in total. The number of benzene rings is 2. The molecule has 1 atom stereocenters. The molecule has 2 heterocycles. The van der Waals surface area contributed by atoms with Crippen LogP contribution in [0.15, 0.2) is 65.0 Å². The maximum Gasteiger partial charge on any atom is 0.252 e. The Morgan fingerprint density at radius 1 is 1.29 bits per heavy atom. The molecule has 0 aliphatic carbocycles. The van der Waals surface area contributed by atoms with E-state index in [0.717, 1.165) is 28.1 Å². The van der Waals surface area contributed by atoms with E-state index in [4.69, 9.17) is 4.74 Å². The third-order valence-corrected chi connectivity index (χ3v) is 8.59. The van der Waals surface area contributed by atoms with Crippen LogP contribution in [0.3, 0.4) is 0 Å². The van der Waals surface area contributed by atoms with Gasteiger partial charge in [0, 0.05) is 19.6 Å². The molecule has 1 aliphatic rings. The molecule has 1 aromatic heterocycles. The fourth-order valence-electron chi connectivity index (χ4n) is 4.00. The van der Waals surface area contributed by atoms with E-state index in [1.54, 1.807) is 6.08 Å². The van der Waals surface area contributed by atoms with E-state index < -0.39 is 21.8 Å². The van der Waals surface area contributed by atoms with Crippen LogP contribution in [0, 0.1) is 11.7 Å². The highest BCUT2D eigenvalue weighted by molar-refractivity contribution is 7.89. The van der Waals surface area contributed by atoms with Crippen LogP contribution >= 0.6 is 11.3 Å². The van der Waals surface area contributed by atoms with E-state index in [2.05, 4.69) is 11.6 Å². The number of halogens is 1. The van der Waals surface area contributed by atoms with Crippen LogP contribution in [0.2, 0.25) is 0 Å². The minimum Gasteiger partial charge on any atom is -0.494 e. The number of allylic oxidation sites excluding steroid dienone is 1. The Balaban J connectivity index is 1.62. The van der Waals surface area contributed by atoms with E-state index in [0.29, 0.717) is 37.3 Å². The maximum absolute atomic E-state index is 13.2. The summed E-state index contributed by atoms with van der Waals surface area (Å²) in [6.07, 6.45) is 2.84. The minimum absolute atomic E-state index is 0.0115. The van der Waals surface area contributed by atoms with Crippen LogP contribution < -0.4 is 9.54 Å². The van der Waals surface area contributed by atoms with Crippen molar-refractivity contribution < 1.29 is 22.3 Å². The third-order valence-electron chi connectivity index (χ3n) is 5.67. The van der Waals surface area contributed by atoms with Gasteiger partial charge in [0.05, 0.1) is 27.6 Å². The lowest BCUT2D eigenvalue weighted by Gasteiger charge is -2.30. The molecule has 1 fully saturated rings. The number of hydrogen-bond acceptors (Lipinski definition) is 5. The molecule has 180 valence electrons. The largest absolute Gasteiger partial charge is 0.494 e. The molecule has 1 saturated heterocycles. The Kier molecular flexibility index (Phi) is 7.30. The minimum atomic E-state index is -3.82. The zero-order chi connectivity index (χ0) is 24.3. The zero-order valence-electron chi connectivity index (χ0n) is 18.8. The van der Waals surface area contributed by atoms with Crippen LogP contribution in [0.5, 0.6) is 5.75 Å². The van der Waals surface area contributed by atoms with Crippen LogP contribution in [0.4, 0.5) is 4.39 Å². The van der Waals surface area contributed by atoms with Gasteiger partial charge >= 0.3 is 0 Å². The Bertz CT molecular complexity index is 1380. The summed E-state index contributed by atoms with van der Waals surface area (Å²) in [4.78, 5) is 18.1. The summed E-state index contributed by atoms with van der Waals surface area (Å²) in [7, 11) is -3.82. The Labute approximate surface area is 201 Å². The van der Waals surface area contributed by atoms with Gasteiger partial charge in [-0.05, 0) is 62.2 Å². The quantitative estimate of drug-likeness (QED) is 0.457. The van der Waals surface area contributed by atoms with Gasteiger partial charge in [-0.1, -0.05) is 17.4 Å². The number of aromatic nitrogens is 1. The number of ether oxygens (including phenoxy) is 1. The van der Waals surface area contributed by atoms with Gasteiger partial charge < -0.3 is 9.30 Å². The number of fused-ring (bicyclic) bond motifs is 1. The first-order valence-corrected chi connectivity index (χ1v) is 13.3. The van der Waals surface area contributed by atoms with Crippen LogP contribution in [-0.4, -0.2) is 42.9 Å². The van der Waals surface area contributed by atoms with Crippen LogP contribution in [0.1, 0.15) is 19.8 Å². The summed E-state index contributed by atoms with van der Waals surface area (Å²) in [6, 6.07) is 10.4. The number of amides is 1. The summed E-state index contributed by atoms with van der Waals surface area (Å²) in [5.74, 6) is -0.665. The number of hydrogen-bond donors (Lipinski definition) is 0. The van der Waals surface area contributed by atoms with E-state index in [1.165, 1.54) is 27.8 Å². The molecule has 0 N–H and O–H groups in total. The van der Waals surface area contributed by atoms with Crippen molar-refractivity contribution in [2.24, 2.45) is 10.9 Å². The number of nitrogens with zero attached hydrogens (tertiary/aromatic N) is 3. The molecule has 0 spiro atoms. The second kappa shape index (κ2) is 10.2. The lowest BCUT2D eigenvalue weighted by molar-refractivity contribution is -0.122. The molecular weight excluding hydrogens is 477 g/mol. The van der Waals surface area contributed by atoms with Gasteiger partial charge in [-0.2, -0.15) is 9.30 Å². The fourth-order valence-corrected chi connectivity index (χ4v) is 6.60. The van der Waals surface area contributed by atoms with Gasteiger partial charge in [-0.25, -0.2) is 12.8 Å². The average Bonchev–Trinajstić information content (AvgIpc) is 3.16. The highest BCUT2D eigenvalue weighted by atomic mass is 32.2. The maximum atomic E-state index is 13.2. The zero-order valence-corrected chi connectivity index (χ0v) is 20.4. The average molecular weight is 504 g/mol. The van der Waals surface area contributed by atoms with Crippen molar-refractivity contribution in [1.82, 2.24) is 8.87 Å². The third kappa shape index (κ3) is 4.98.